The van der Waals surface area contributed by atoms with Crippen molar-refractivity contribution in [1.82, 2.24) is 19.8 Å². The summed E-state index contributed by atoms with van der Waals surface area (Å²) in [6.07, 6.45) is 8.61. The number of aliphatic imine (C=N–C) groups is 1. The largest absolute Gasteiger partial charge is 0.365 e. The number of imidazole rings is 1. The molecule has 2 heterocycles. The molecule has 6 nitrogen and oxygen atoms in total. The summed E-state index contributed by atoms with van der Waals surface area (Å²) in [5, 5.41) is 3.58. The van der Waals surface area contributed by atoms with Gasteiger partial charge in [0.1, 0.15) is 11.6 Å². The van der Waals surface area contributed by atoms with E-state index in [4.69, 9.17) is 0 Å². The normalized spacial score (nSPS) is 18.8. The molecule has 1 aromatic rings. The predicted molar refractivity (Wildman–Crippen MR) is 108 cm³/mol. The molecule has 2 aliphatic rings. The van der Waals surface area contributed by atoms with Gasteiger partial charge < -0.3 is 14.8 Å². The van der Waals surface area contributed by atoms with Gasteiger partial charge >= 0.3 is 0 Å². The van der Waals surface area contributed by atoms with Crippen molar-refractivity contribution in [3.63, 3.8) is 0 Å². The number of nitrogens with zero attached hydrogens (tertiary/aromatic N) is 4. The predicted octanol–water partition coefficient (Wildman–Crippen LogP) is 3.42. The number of nitrogens with one attached hydrogen (secondary N) is 1. The summed E-state index contributed by atoms with van der Waals surface area (Å²) >= 11 is 0. The average molecular weight is 370 g/mol. The van der Waals surface area contributed by atoms with Crippen LogP contribution in [0, 0.1) is 0 Å². The van der Waals surface area contributed by atoms with Crippen molar-refractivity contribution in [2.75, 3.05) is 6.54 Å². The maximum Gasteiger partial charge on any atom is 0.254 e. The Bertz CT molecular complexity index is 806. The fourth-order valence-electron chi connectivity index (χ4n) is 3.53. The van der Waals surface area contributed by atoms with Gasteiger partial charge in [-0.15, -0.1) is 0 Å². The number of amides is 1. The molecule has 1 aromatic heterocycles. The first kappa shape index (κ1) is 19.4. The molecule has 3 rings (SSSR count). The van der Waals surface area contributed by atoms with Crippen molar-refractivity contribution in [2.24, 2.45) is 4.99 Å². The molecule has 0 bridgehead atoms. The van der Waals surface area contributed by atoms with E-state index in [9.17, 15) is 4.79 Å². The van der Waals surface area contributed by atoms with Crippen LogP contribution in [0.5, 0.6) is 0 Å². The van der Waals surface area contributed by atoms with E-state index in [1.165, 1.54) is 0 Å². The zero-order valence-electron chi connectivity index (χ0n) is 17.2. The summed E-state index contributed by atoms with van der Waals surface area (Å²) in [6.45, 7) is 12.3. The standard InChI is InChI=1S/C21H31N5O/c1-6-16(19(22-7-2)24-21(5)8-9-21)18(15(3)4)20(27)26-13-12-25-11-10-23-17(25)14-26/h7,10-11,24H,6,8-9,12-14H2,1-5H3/b19-16-,22-7-. The molecule has 27 heavy (non-hydrogen) atoms. The highest BCUT2D eigenvalue weighted by Crippen LogP contribution is 2.37. The molecule has 0 aromatic carbocycles. The quantitative estimate of drug-likeness (QED) is 0.475. The summed E-state index contributed by atoms with van der Waals surface area (Å²) < 4.78 is 2.12. The third-order valence-electron chi connectivity index (χ3n) is 5.37. The van der Waals surface area contributed by atoms with Crippen LogP contribution in [0.15, 0.2) is 39.9 Å². The molecule has 0 radical (unpaired) electrons. The van der Waals surface area contributed by atoms with Crippen LogP contribution in [0.25, 0.3) is 0 Å². The molecule has 1 fully saturated rings. The minimum absolute atomic E-state index is 0.0765. The number of hydrogen-bond acceptors (Lipinski definition) is 4. The van der Waals surface area contributed by atoms with Crippen molar-refractivity contribution in [3.05, 3.63) is 40.8 Å². The Morgan fingerprint density at radius 1 is 1.37 bits per heavy atom. The molecule has 6 heteroatoms. The number of hydrogen-bond donors (Lipinski definition) is 1. The van der Waals surface area contributed by atoms with Gasteiger partial charge in [0.05, 0.1) is 6.54 Å². The zero-order chi connectivity index (χ0) is 19.6. The second-order valence-corrected chi connectivity index (χ2v) is 7.89. The topological polar surface area (TPSA) is 62.5 Å². The Labute approximate surface area is 162 Å². The van der Waals surface area contributed by atoms with E-state index in [0.717, 1.165) is 54.2 Å². The summed E-state index contributed by atoms with van der Waals surface area (Å²) in [5.41, 5.74) is 2.92. The second kappa shape index (κ2) is 7.71. The first-order chi connectivity index (χ1) is 12.9. The highest BCUT2D eigenvalue weighted by atomic mass is 16.2. The highest BCUT2D eigenvalue weighted by Gasteiger charge is 2.38. The van der Waals surface area contributed by atoms with Crippen molar-refractivity contribution in [1.29, 1.82) is 0 Å². The molecule has 1 aliphatic heterocycles. The minimum Gasteiger partial charge on any atom is -0.365 e. The minimum atomic E-state index is 0.0765. The summed E-state index contributed by atoms with van der Waals surface area (Å²) in [4.78, 5) is 24.4. The van der Waals surface area contributed by atoms with E-state index >= 15 is 0 Å². The Balaban J connectivity index is 1.94. The Kier molecular flexibility index (Phi) is 5.53. The van der Waals surface area contributed by atoms with Crippen LogP contribution in [0.2, 0.25) is 0 Å². The fourth-order valence-corrected chi connectivity index (χ4v) is 3.53. The molecule has 1 N–H and O–H groups in total. The van der Waals surface area contributed by atoms with Gasteiger partial charge in [-0.2, -0.15) is 0 Å². The van der Waals surface area contributed by atoms with Gasteiger partial charge in [0.15, 0.2) is 0 Å². The zero-order valence-corrected chi connectivity index (χ0v) is 17.2. The summed E-state index contributed by atoms with van der Waals surface area (Å²) in [6, 6.07) is 0. The summed E-state index contributed by atoms with van der Waals surface area (Å²) in [7, 11) is 0. The van der Waals surface area contributed by atoms with Gasteiger partial charge in [-0.1, -0.05) is 12.5 Å². The van der Waals surface area contributed by atoms with Gasteiger partial charge in [0.25, 0.3) is 5.91 Å². The molecule has 0 spiro atoms. The molecule has 1 saturated carbocycles. The van der Waals surface area contributed by atoms with Crippen LogP contribution in [0.1, 0.15) is 59.7 Å². The van der Waals surface area contributed by atoms with Crippen LogP contribution in [-0.2, 0) is 17.9 Å². The van der Waals surface area contributed by atoms with E-state index in [2.05, 4.69) is 33.7 Å². The number of aromatic nitrogens is 2. The maximum absolute atomic E-state index is 13.5. The lowest BCUT2D eigenvalue weighted by Crippen LogP contribution is -2.40. The van der Waals surface area contributed by atoms with Gasteiger partial charge in [-0.25, -0.2) is 9.98 Å². The number of fused-ring (bicyclic) bond motifs is 1. The molecule has 146 valence electrons. The molecular formula is C21H31N5O. The molecule has 0 unspecified atom stereocenters. The van der Waals surface area contributed by atoms with Crippen LogP contribution < -0.4 is 5.32 Å². The van der Waals surface area contributed by atoms with Crippen molar-refractivity contribution in [2.45, 2.75) is 72.5 Å². The molecule has 1 aliphatic carbocycles. The monoisotopic (exact) mass is 369 g/mol. The van der Waals surface area contributed by atoms with Crippen molar-refractivity contribution in [3.8, 4) is 0 Å². The van der Waals surface area contributed by atoms with Gasteiger partial charge in [-0.05, 0) is 47.0 Å². The van der Waals surface area contributed by atoms with Crippen LogP contribution >= 0.6 is 0 Å². The lowest BCUT2D eigenvalue weighted by Gasteiger charge is -2.30. The van der Waals surface area contributed by atoms with Crippen molar-refractivity contribution < 1.29 is 4.79 Å². The fraction of sp³-hybridized carbons (Fsp3) is 0.571. The average Bonchev–Trinajstić information content (AvgIpc) is 3.18. The highest BCUT2D eigenvalue weighted by molar-refractivity contribution is 5.98. The van der Waals surface area contributed by atoms with Gasteiger partial charge in [0, 0.05) is 48.4 Å². The van der Waals surface area contributed by atoms with Gasteiger partial charge in [-0.3, -0.25) is 4.79 Å². The first-order valence-electron chi connectivity index (χ1n) is 9.85. The van der Waals surface area contributed by atoms with Crippen LogP contribution in [-0.4, -0.2) is 38.7 Å². The Morgan fingerprint density at radius 3 is 2.70 bits per heavy atom. The van der Waals surface area contributed by atoms with Crippen molar-refractivity contribution >= 4 is 12.1 Å². The summed E-state index contributed by atoms with van der Waals surface area (Å²) in [5.74, 6) is 1.86. The van der Waals surface area contributed by atoms with E-state index in [0.29, 0.717) is 13.1 Å². The molecular weight excluding hydrogens is 338 g/mol. The second-order valence-electron chi connectivity index (χ2n) is 7.89. The Morgan fingerprint density at radius 2 is 2.11 bits per heavy atom. The molecule has 1 amide bonds. The third-order valence-corrected chi connectivity index (χ3v) is 5.37. The van der Waals surface area contributed by atoms with E-state index in [1.54, 1.807) is 12.4 Å². The lowest BCUT2D eigenvalue weighted by atomic mass is 9.97. The number of carbonyl (C=O) groups excluding carboxylic acids is 1. The molecule has 0 atom stereocenters. The van der Waals surface area contributed by atoms with Crippen LogP contribution in [0.3, 0.4) is 0 Å². The Hall–Kier alpha value is -2.37. The van der Waals surface area contributed by atoms with Crippen LogP contribution in [0.4, 0.5) is 0 Å². The van der Waals surface area contributed by atoms with E-state index < -0.39 is 0 Å². The third kappa shape index (κ3) is 4.15. The van der Waals surface area contributed by atoms with E-state index in [-0.39, 0.29) is 11.4 Å². The SMILES string of the molecule is C/C=N\C(NC1(C)CC1)=C(/CC)C(C(=O)N1CCn2ccnc2C1)=C(C)C. The maximum atomic E-state index is 13.5. The smallest absolute Gasteiger partial charge is 0.254 e. The number of allylic oxidation sites excluding steroid dienone is 1. The number of rotatable bonds is 6. The van der Waals surface area contributed by atoms with Gasteiger partial charge in [0.2, 0.25) is 0 Å². The molecule has 0 saturated heterocycles. The number of carbonyl (C=O) groups is 1. The lowest BCUT2D eigenvalue weighted by molar-refractivity contribution is -0.128. The first-order valence-corrected chi connectivity index (χ1v) is 9.85. The van der Waals surface area contributed by atoms with E-state index in [1.807, 2.05) is 31.9 Å².